The molecule has 1 saturated heterocycles. The van der Waals surface area contributed by atoms with Crippen LogP contribution in [-0.4, -0.2) is 41.6 Å². The van der Waals surface area contributed by atoms with E-state index in [0.717, 1.165) is 41.7 Å². The number of para-hydroxylation sites is 2. The van der Waals surface area contributed by atoms with Crippen molar-refractivity contribution in [3.8, 4) is 0 Å². The predicted molar refractivity (Wildman–Crippen MR) is 125 cm³/mol. The van der Waals surface area contributed by atoms with Crippen molar-refractivity contribution in [1.82, 2.24) is 9.88 Å². The highest BCUT2D eigenvalue weighted by atomic mass is 16.2. The first kappa shape index (κ1) is 21.1. The second kappa shape index (κ2) is 9.35. The van der Waals surface area contributed by atoms with Gasteiger partial charge in [-0.05, 0) is 43.0 Å². The number of amides is 2. The van der Waals surface area contributed by atoms with Gasteiger partial charge in [-0.1, -0.05) is 36.4 Å². The summed E-state index contributed by atoms with van der Waals surface area (Å²) >= 11 is 0. The van der Waals surface area contributed by atoms with Crippen LogP contribution in [0.4, 0.5) is 10.5 Å². The molecule has 3 N–H and O–H groups in total. The van der Waals surface area contributed by atoms with Gasteiger partial charge in [-0.15, -0.1) is 0 Å². The summed E-state index contributed by atoms with van der Waals surface area (Å²) in [6.07, 6.45) is 2.28. The lowest BCUT2D eigenvalue weighted by Crippen LogP contribution is -3.14. The molecule has 1 aliphatic rings. The zero-order chi connectivity index (χ0) is 21.8. The lowest BCUT2D eigenvalue weighted by atomic mass is 10.1. The quantitative estimate of drug-likeness (QED) is 0.575. The van der Waals surface area contributed by atoms with Crippen LogP contribution in [0.2, 0.25) is 0 Å². The second-order valence-corrected chi connectivity index (χ2v) is 8.44. The fourth-order valence-corrected chi connectivity index (χ4v) is 4.63. The number of quaternary nitrogens is 1. The summed E-state index contributed by atoms with van der Waals surface area (Å²) < 4.78 is 0. The number of aromatic amines is 1. The number of carbonyl (C=O) groups excluding carboxylic acids is 1. The lowest BCUT2D eigenvalue weighted by molar-refractivity contribution is -0.909. The standard InChI is InChI=1S/C25H30N4O2/c1-3-28-14-8-13-22(28)17-29(25(31)26-21-11-5-4-6-12-21)16-20-15-19-10-7-9-18(2)23(19)27-24(20)30/h4-7,9-12,15,22H,3,8,13-14,16-17H2,1-2H3,(H,26,31)(H,27,30)/p+1/t22-/m0/s1. The molecule has 2 heterocycles. The van der Waals surface area contributed by atoms with Crippen molar-refractivity contribution in [2.24, 2.45) is 0 Å². The van der Waals surface area contributed by atoms with Crippen LogP contribution in [0, 0.1) is 6.92 Å². The number of anilines is 1. The number of likely N-dealkylation sites (N-methyl/N-ethyl adjacent to an activating group) is 1. The number of aromatic nitrogens is 1. The number of carbonyl (C=O) groups is 1. The van der Waals surface area contributed by atoms with E-state index >= 15 is 0 Å². The van der Waals surface area contributed by atoms with Gasteiger partial charge >= 0.3 is 6.03 Å². The molecule has 31 heavy (non-hydrogen) atoms. The number of likely N-dealkylation sites (tertiary alicyclic amines) is 1. The van der Waals surface area contributed by atoms with Gasteiger partial charge in [0.1, 0.15) is 6.04 Å². The maximum Gasteiger partial charge on any atom is 0.322 e. The van der Waals surface area contributed by atoms with E-state index in [-0.39, 0.29) is 18.1 Å². The molecule has 162 valence electrons. The highest BCUT2D eigenvalue weighted by Crippen LogP contribution is 2.17. The van der Waals surface area contributed by atoms with Gasteiger partial charge in [0.05, 0.1) is 31.7 Å². The molecule has 3 aromatic rings. The van der Waals surface area contributed by atoms with Gasteiger partial charge in [0, 0.05) is 24.1 Å². The largest absolute Gasteiger partial charge is 0.331 e. The summed E-state index contributed by atoms with van der Waals surface area (Å²) in [5, 5.41) is 3.99. The normalized spacial score (nSPS) is 18.3. The first-order valence-corrected chi connectivity index (χ1v) is 11.1. The number of H-pyrrole nitrogens is 1. The number of rotatable bonds is 6. The second-order valence-electron chi connectivity index (χ2n) is 8.44. The molecule has 1 aromatic heterocycles. The van der Waals surface area contributed by atoms with Gasteiger partial charge in [-0.25, -0.2) is 4.79 Å². The Morgan fingerprint density at radius 2 is 2.00 bits per heavy atom. The molecule has 1 fully saturated rings. The molecule has 0 spiro atoms. The predicted octanol–water partition coefficient (Wildman–Crippen LogP) is 2.94. The van der Waals surface area contributed by atoms with Crippen molar-refractivity contribution in [2.45, 2.75) is 39.3 Å². The number of hydrogen-bond acceptors (Lipinski definition) is 2. The topological polar surface area (TPSA) is 69.6 Å². The molecule has 2 atom stereocenters. The Hall–Kier alpha value is -3.12. The minimum atomic E-state index is -0.169. The van der Waals surface area contributed by atoms with Crippen molar-refractivity contribution in [3.05, 3.63) is 76.1 Å². The van der Waals surface area contributed by atoms with Crippen LogP contribution in [0.25, 0.3) is 10.9 Å². The van der Waals surface area contributed by atoms with Crippen molar-refractivity contribution < 1.29 is 9.69 Å². The summed E-state index contributed by atoms with van der Waals surface area (Å²) in [6.45, 7) is 7.29. The van der Waals surface area contributed by atoms with E-state index in [0.29, 0.717) is 18.2 Å². The van der Waals surface area contributed by atoms with E-state index in [4.69, 9.17) is 0 Å². The molecule has 6 nitrogen and oxygen atoms in total. The molecule has 0 bridgehead atoms. The van der Waals surface area contributed by atoms with Crippen LogP contribution >= 0.6 is 0 Å². The fourth-order valence-electron chi connectivity index (χ4n) is 4.63. The van der Waals surface area contributed by atoms with E-state index in [2.05, 4.69) is 17.2 Å². The highest BCUT2D eigenvalue weighted by molar-refractivity contribution is 5.89. The van der Waals surface area contributed by atoms with Gasteiger partial charge in [-0.3, -0.25) is 4.79 Å². The minimum absolute atomic E-state index is 0.134. The minimum Gasteiger partial charge on any atom is -0.331 e. The Kier molecular flexibility index (Phi) is 6.37. The highest BCUT2D eigenvalue weighted by Gasteiger charge is 2.31. The number of urea groups is 1. The molecule has 2 amide bonds. The molecule has 2 aromatic carbocycles. The zero-order valence-corrected chi connectivity index (χ0v) is 18.3. The Morgan fingerprint density at radius 3 is 2.77 bits per heavy atom. The van der Waals surface area contributed by atoms with Crippen LogP contribution in [0.3, 0.4) is 0 Å². The summed E-state index contributed by atoms with van der Waals surface area (Å²) in [7, 11) is 0. The number of nitrogens with zero attached hydrogens (tertiary/aromatic N) is 1. The van der Waals surface area contributed by atoms with Gasteiger partial charge in [-0.2, -0.15) is 0 Å². The maximum absolute atomic E-state index is 13.2. The van der Waals surface area contributed by atoms with Gasteiger partial charge < -0.3 is 20.1 Å². The first-order valence-electron chi connectivity index (χ1n) is 11.1. The number of benzene rings is 2. The average Bonchev–Trinajstić information content (AvgIpc) is 3.22. The third-order valence-electron chi connectivity index (χ3n) is 6.36. The molecule has 6 heteroatoms. The molecule has 0 aliphatic carbocycles. The number of aryl methyl sites for hydroxylation is 1. The van der Waals surface area contributed by atoms with Gasteiger partial charge in [0.2, 0.25) is 0 Å². The number of nitrogens with one attached hydrogen (secondary N) is 3. The Bertz CT molecular complexity index is 1110. The summed E-state index contributed by atoms with van der Waals surface area (Å²) in [5.41, 5.74) is 3.12. The van der Waals surface area contributed by atoms with Crippen molar-refractivity contribution in [2.75, 3.05) is 25.0 Å². The molecule has 4 rings (SSSR count). The maximum atomic E-state index is 13.2. The van der Waals surface area contributed by atoms with Crippen LogP contribution in [0.5, 0.6) is 0 Å². The molecular weight excluding hydrogens is 388 g/mol. The number of fused-ring (bicyclic) bond motifs is 1. The Labute approximate surface area is 182 Å². The van der Waals surface area contributed by atoms with Gasteiger partial charge in [0.25, 0.3) is 5.56 Å². The summed E-state index contributed by atoms with van der Waals surface area (Å²) in [5.74, 6) is 0. The zero-order valence-electron chi connectivity index (χ0n) is 18.3. The molecular formula is C25H31N4O2+. The third-order valence-corrected chi connectivity index (χ3v) is 6.36. The van der Waals surface area contributed by atoms with Crippen LogP contribution in [0.1, 0.15) is 30.9 Å². The number of hydrogen-bond donors (Lipinski definition) is 3. The first-order chi connectivity index (χ1) is 15.0. The monoisotopic (exact) mass is 419 g/mol. The van der Waals surface area contributed by atoms with Crippen molar-refractivity contribution >= 4 is 22.6 Å². The molecule has 0 saturated carbocycles. The average molecular weight is 420 g/mol. The third kappa shape index (κ3) is 4.80. The van der Waals surface area contributed by atoms with E-state index < -0.39 is 0 Å². The van der Waals surface area contributed by atoms with Gasteiger partial charge in [0.15, 0.2) is 0 Å². The number of pyridine rings is 1. The van der Waals surface area contributed by atoms with Crippen LogP contribution in [0.15, 0.2) is 59.4 Å². The van der Waals surface area contributed by atoms with E-state index in [1.165, 1.54) is 11.3 Å². The van der Waals surface area contributed by atoms with Crippen LogP contribution in [-0.2, 0) is 6.54 Å². The van der Waals surface area contributed by atoms with E-state index in [1.54, 1.807) is 4.90 Å². The Balaban J connectivity index is 1.62. The van der Waals surface area contributed by atoms with Crippen molar-refractivity contribution in [3.63, 3.8) is 0 Å². The fraction of sp³-hybridized carbons (Fsp3) is 0.360. The van der Waals surface area contributed by atoms with Crippen LogP contribution < -0.4 is 15.8 Å². The SMILES string of the molecule is CC[NH+]1CCC[C@H]1CN(Cc1cc2cccc(C)c2[nH]c1=O)C(=O)Nc1ccccc1. The Morgan fingerprint density at radius 1 is 1.19 bits per heavy atom. The van der Waals surface area contributed by atoms with E-state index in [1.807, 2.05) is 61.5 Å². The molecule has 0 radical (unpaired) electrons. The lowest BCUT2D eigenvalue weighted by Gasteiger charge is -2.28. The van der Waals surface area contributed by atoms with E-state index in [9.17, 15) is 9.59 Å². The van der Waals surface area contributed by atoms with Crippen molar-refractivity contribution in [1.29, 1.82) is 0 Å². The summed E-state index contributed by atoms with van der Waals surface area (Å²) in [4.78, 5) is 32.4. The molecule has 1 aliphatic heterocycles. The summed E-state index contributed by atoms with van der Waals surface area (Å²) in [6, 6.07) is 17.6. The molecule has 1 unspecified atom stereocenters. The smallest absolute Gasteiger partial charge is 0.322 e.